The van der Waals surface area contributed by atoms with E-state index >= 15 is 0 Å². The lowest BCUT2D eigenvalue weighted by Crippen LogP contribution is -2.42. The van der Waals surface area contributed by atoms with Gasteiger partial charge in [-0.15, -0.1) is 0 Å². The van der Waals surface area contributed by atoms with Gasteiger partial charge >= 0.3 is 0 Å². The number of piperidine rings is 1. The summed E-state index contributed by atoms with van der Waals surface area (Å²) in [6, 6.07) is 5.38. The SMILES string of the molecule is C[C@@H](N)c1ccc(N2CCC3CCCCC3C2)c(F)c1. The molecular weight excluding hydrogens is 251 g/mol. The summed E-state index contributed by atoms with van der Waals surface area (Å²) in [5.74, 6) is 1.53. The molecule has 2 nitrogen and oxygen atoms in total. The fourth-order valence-corrected chi connectivity index (χ4v) is 3.88. The van der Waals surface area contributed by atoms with Crippen molar-refractivity contribution in [2.45, 2.75) is 45.1 Å². The highest BCUT2D eigenvalue weighted by atomic mass is 19.1. The molecule has 1 aliphatic heterocycles. The molecule has 2 aliphatic rings. The molecule has 3 heteroatoms. The number of halogens is 1. The molecular formula is C17H25FN2. The fraction of sp³-hybridized carbons (Fsp3) is 0.647. The minimum absolute atomic E-state index is 0.109. The number of nitrogens with zero attached hydrogens (tertiary/aromatic N) is 1. The first-order valence-corrected chi connectivity index (χ1v) is 7.95. The monoisotopic (exact) mass is 276 g/mol. The van der Waals surface area contributed by atoms with Crippen molar-refractivity contribution in [2.75, 3.05) is 18.0 Å². The Morgan fingerprint density at radius 1 is 1.20 bits per heavy atom. The van der Waals surface area contributed by atoms with E-state index < -0.39 is 0 Å². The first kappa shape index (κ1) is 13.9. The summed E-state index contributed by atoms with van der Waals surface area (Å²) < 4.78 is 14.3. The third kappa shape index (κ3) is 2.69. The normalized spacial score (nSPS) is 28.1. The van der Waals surface area contributed by atoms with Gasteiger partial charge in [0, 0.05) is 19.1 Å². The molecule has 1 aromatic carbocycles. The highest BCUT2D eigenvalue weighted by molar-refractivity contribution is 5.50. The fourth-order valence-electron chi connectivity index (χ4n) is 3.88. The second-order valence-corrected chi connectivity index (χ2v) is 6.54. The van der Waals surface area contributed by atoms with Gasteiger partial charge in [0.15, 0.2) is 0 Å². The van der Waals surface area contributed by atoms with Gasteiger partial charge in [-0.1, -0.05) is 25.3 Å². The largest absolute Gasteiger partial charge is 0.369 e. The van der Waals surface area contributed by atoms with Gasteiger partial charge in [0.05, 0.1) is 5.69 Å². The summed E-state index contributed by atoms with van der Waals surface area (Å²) in [4.78, 5) is 2.24. The van der Waals surface area contributed by atoms with E-state index in [0.29, 0.717) is 0 Å². The van der Waals surface area contributed by atoms with Crippen molar-refractivity contribution in [3.05, 3.63) is 29.6 Å². The molecule has 2 fully saturated rings. The lowest BCUT2D eigenvalue weighted by atomic mass is 9.75. The van der Waals surface area contributed by atoms with Crippen LogP contribution < -0.4 is 10.6 Å². The molecule has 3 atom stereocenters. The molecule has 1 aromatic rings. The maximum absolute atomic E-state index is 14.3. The minimum atomic E-state index is -0.117. The number of hydrogen-bond acceptors (Lipinski definition) is 2. The van der Waals surface area contributed by atoms with Crippen LogP contribution in [0.5, 0.6) is 0 Å². The van der Waals surface area contributed by atoms with Crippen LogP contribution in [0.15, 0.2) is 18.2 Å². The van der Waals surface area contributed by atoms with Crippen molar-refractivity contribution in [1.29, 1.82) is 0 Å². The summed E-state index contributed by atoms with van der Waals surface area (Å²) in [7, 11) is 0. The van der Waals surface area contributed by atoms with Crippen LogP contribution in [0.2, 0.25) is 0 Å². The summed E-state index contributed by atoms with van der Waals surface area (Å²) in [6.45, 7) is 3.91. The Labute approximate surface area is 121 Å². The zero-order chi connectivity index (χ0) is 14.1. The van der Waals surface area contributed by atoms with E-state index in [1.165, 1.54) is 32.1 Å². The molecule has 0 bridgehead atoms. The van der Waals surface area contributed by atoms with Crippen LogP contribution >= 0.6 is 0 Å². The van der Waals surface area contributed by atoms with Crippen molar-refractivity contribution in [2.24, 2.45) is 17.6 Å². The van der Waals surface area contributed by atoms with Crippen LogP contribution in [0.3, 0.4) is 0 Å². The quantitative estimate of drug-likeness (QED) is 0.888. The van der Waals surface area contributed by atoms with Gasteiger partial charge in [0.2, 0.25) is 0 Å². The number of benzene rings is 1. The second kappa shape index (κ2) is 5.72. The standard InChI is InChI=1S/C17H25FN2/c1-12(19)14-6-7-17(16(18)10-14)20-9-8-13-4-2-3-5-15(13)11-20/h6-7,10,12-13,15H,2-5,8-9,11,19H2,1H3/t12-,13?,15?/m1/s1. The molecule has 0 amide bonds. The molecule has 20 heavy (non-hydrogen) atoms. The predicted octanol–water partition coefficient (Wildman–Crippen LogP) is 3.86. The highest BCUT2D eigenvalue weighted by Crippen LogP contribution is 2.38. The topological polar surface area (TPSA) is 29.3 Å². The zero-order valence-electron chi connectivity index (χ0n) is 12.3. The first-order chi connectivity index (χ1) is 9.65. The van der Waals surface area contributed by atoms with Crippen LogP contribution in [-0.2, 0) is 0 Å². The van der Waals surface area contributed by atoms with Crippen LogP contribution in [0.4, 0.5) is 10.1 Å². The molecule has 3 rings (SSSR count). The third-order valence-corrected chi connectivity index (χ3v) is 5.13. The van der Waals surface area contributed by atoms with E-state index in [1.807, 2.05) is 19.1 Å². The molecule has 1 saturated heterocycles. The average molecular weight is 276 g/mol. The molecule has 2 N–H and O–H groups in total. The predicted molar refractivity (Wildman–Crippen MR) is 81.3 cm³/mol. The number of nitrogens with two attached hydrogens (primary N) is 1. The summed E-state index contributed by atoms with van der Waals surface area (Å²) in [5, 5.41) is 0. The van der Waals surface area contributed by atoms with Gasteiger partial charge in [-0.3, -0.25) is 0 Å². The summed E-state index contributed by atoms with van der Waals surface area (Å²) >= 11 is 0. The van der Waals surface area contributed by atoms with E-state index in [2.05, 4.69) is 4.90 Å². The van der Waals surface area contributed by atoms with Crippen molar-refractivity contribution >= 4 is 5.69 Å². The van der Waals surface area contributed by atoms with Crippen molar-refractivity contribution in [3.8, 4) is 0 Å². The molecule has 0 radical (unpaired) electrons. The Morgan fingerprint density at radius 3 is 2.65 bits per heavy atom. The summed E-state index contributed by atoms with van der Waals surface area (Å²) in [6.07, 6.45) is 6.66. The second-order valence-electron chi connectivity index (χ2n) is 6.54. The molecule has 0 aromatic heterocycles. The highest BCUT2D eigenvalue weighted by Gasteiger charge is 2.31. The van der Waals surface area contributed by atoms with Crippen molar-refractivity contribution in [3.63, 3.8) is 0 Å². The van der Waals surface area contributed by atoms with E-state index in [9.17, 15) is 4.39 Å². The Morgan fingerprint density at radius 2 is 1.95 bits per heavy atom. The Bertz CT molecular complexity index is 472. The lowest BCUT2D eigenvalue weighted by Gasteiger charge is -2.42. The van der Waals surface area contributed by atoms with Crippen molar-refractivity contribution < 1.29 is 4.39 Å². The maximum atomic E-state index is 14.3. The molecule has 1 saturated carbocycles. The van der Waals surface area contributed by atoms with E-state index in [0.717, 1.165) is 36.2 Å². The number of hydrogen-bond donors (Lipinski definition) is 1. The molecule has 110 valence electrons. The Kier molecular flexibility index (Phi) is 3.97. The smallest absolute Gasteiger partial charge is 0.146 e. The van der Waals surface area contributed by atoms with Gasteiger partial charge in [0.1, 0.15) is 5.82 Å². The van der Waals surface area contributed by atoms with Gasteiger partial charge in [0.25, 0.3) is 0 Å². The van der Waals surface area contributed by atoms with Crippen molar-refractivity contribution in [1.82, 2.24) is 0 Å². The summed E-state index contributed by atoms with van der Waals surface area (Å²) in [5.41, 5.74) is 7.45. The van der Waals surface area contributed by atoms with Gasteiger partial charge in [-0.25, -0.2) is 4.39 Å². The molecule has 0 spiro atoms. The van der Waals surface area contributed by atoms with Crippen LogP contribution in [-0.4, -0.2) is 13.1 Å². The van der Waals surface area contributed by atoms with E-state index in [1.54, 1.807) is 6.07 Å². The van der Waals surface area contributed by atoms with Crippen LogP contribution in [0, 0.1) is 17.7 Å². The minimum Gasteiger partial charge on any atom is -0.369 e. The molecule has 1 heterocycles. The number of anilines is 1. The Hall–Kier alpha value is -1.09. The molecule has 2 unspecified atom stereocenters. The lowest BCUT2D eigenvalue weighted by molar-refractivity contribution is 0.202. The van der Waals surface area contributed by atoms with Gasteiger partial charge in [-0.05, 0) is 49.3 Å². The van der Waals surface area contributed by atoms with Crippen LogP contribution in [0.1, 0.15) is 50.6 Å². The first-order valence-electron chi connectivity index (χ1n) is 7.95. The third-order valence-electron chi connectivity index (χ3n) is 5.13. The maximum Gasteiger partial charge on any atom is 0.146 e. The number of rotatable bonds is 2. The van der Waals surface area contributed by atoms with Gasteiger partial charge < -0.3 is 10.6 Å². The van der Waals surface area contributed by atoms with E-state index in [-0.39, 0.29) is 11.9 Å². The van der Waals surface area contributed by atoms with E-state index in [4.69, 9.17) is 5.73 Å². The zero-order valence-corrected chi connectivity index (χ0v) is 12.3. The average Bonchev–Trinajstić information content (AvgIpc) is 2.46. The molecule has 1 aliphatic carbocycles. The van der Waals surface area contributed by atoms with Gasteiger partial charge in [-0.2, -0.15) is 0 Å². The van der Waals surface area contributed by atoms with Crippen LogP contribution in [0.25, 0.3) is 0 Å². The Balaban J connectivity index is 1.76. The number of fused-ring (bicyclic) bond motifs is 1.